The highest BCUT2D eigenvalue weighted by Gasteiger charge is 2.69. The average molecular weight is 454 g/mol. The van der Waals surface area contributed by atoms with Gasteiger partial charge in [0, 0.05) is 53.3 Å². The molecular weight excluding hydrogens is 432 g/mol. The van der Waals surface area contributed by atoms with Crippen LogP contribution in [0.15, 0.2) is 73.1 Å². The van der Waals surface area contributed by atoms with Gasteiger partial charge in [0.25, 0.3) is 5.69 Å². The Morgan fingerprint density at radius 2 is 1.91 bits per heavy atom. The maximum Gasteiger partial charge on any atom is 0.269 e. The molecule has 3 aliphatic rings. The minimum atomic E-state index is -1.17. The molecule has 4 heterocycles. The van der Waals surface area contributed by atoms with Crippen molar-refractivity contribution in [2.75, 3.05) is 11.9 Å². The van der Waals surface area contributed by atoms with Crippen LogP contribution in [0.25, 0.3) is 0 Å². The number of nitro benzene ring substituents is 1. The number of amides is 1. The lowest BCUT2D eigenvalue weighted by Gasteiger charge is -2.36. The van der Waals surface area contributed by atoms with Crippen molar-refractivity contribution in [3.63, 3.8) is 0 Å². The molecule has 2 aromatic carbocycles. The first-order chi connectivity index (χ1) is 16.5. The molecule has 0 bridgehead atoms. The van der Waals surface area contributed by atoms with Crippen molar-refractivity contribution >= 4 is 23.1 Å². The van der Waals surface area contributed by atoms with E-state index in [2.05, 4.69) is 15.2 Å². The van der Waals surface area contributed by atoms with E-state index in [-0.39, 0.29) is 29.3 Å². The standard InChI is InChI=1S/C26H22N4O4/c31-24(16-10-12-27-13-11-16)23-22(17-5-3-6-18(15-17)30(33)34)21-9-4-14-29(21)26(23)19-7-1-2-8-20(19)28-25(26)32/h1-3,5-8,10-13,15,21-23H,4,9,14H2,(H,28,32)/t21-,22-,23+,26+/m1/s1. The number of anilines is 1. The summed E-state index contributed by atoms with van der Waals surface area (Å²) in [7, 11) is 0. The normalized spacial score (nSPS) is 27.4. The van der Waals surface area contributed by atoms with Crippen LogP contribution < -0.4 is 5.32 Å². The number of nitrogens with one attached hydrogen (secondary N) is 1. The summed E-state index contributed by atoms with van der Waals surface area (Å²) in [4.78, 5) is 45.5. The molecule has 0 aliphatic carbocycles. The number of non-ortho nitro benzene ring substituents is 1. The molecule has 3 aromatic rings. The van der Waals surface area contributed by atoms with Gasteiger partial charge in [-0.3, -0.25) is 29.6 Å². The van der Waals surface area contributed by atoms with Gasteiger partial charge in [-0.1, -0.05) is 30.3 Å². The molecule has 0 radical (unpaired) electrons. The summed E-state index contributed by atoms with van der Waals surface area (Å²) in [5, 5.41) is 14.6. The third-order valence-corrected chi connectivity index (χ3v) is 7.62. The summed E-state index contributed by atoms with van der Waals surface area (Å²) in [5.74, 6) is -1.48. The van der Waals surface area contributed by atoms with Crippen LogP contribution in [-0.4, -0.2) is 39.1 Å². The number of rotatable bonds is 4. The van der Waals surface area contributed by atoms with Crippen LogP contribution in [0.3, 0.4) is 0 Å². The number of carbonyl (C=O) groups is 2. The molecule has 8 heteroatoms. The number of para-hydroxylation sites is 1. The van der Waals surface area contributed by atoms with E-state index in [4.69, 9.17) is 0 Å². The van der Waals surface area contributed by atoms with E-state index >= 15 is 0 Å². The van der Waals surface area contributed by atoms with Gasteiger partial charge in [-0.15, -0.1) is 0 Å². The average Bonchev–Trinajstić information content (AvgIpc) is 3.52. The maximum atomic E-state index is 14.2. The smallest absolute Gasteiger partial charge is 0.269 e. The number of hydrogen-bond acceptors (Lipinski definition) is 6. The fraction of sp³-hybridized carbons (Fsp3) is 0.269. The van der Waals surface area contributed by atoms with Gasteiger partial charge in [0.15, 0.2) is 5.78 Å². The number of fused-ring (bicyclic) bond motifs is 4. The van der Waals surface area contributed by atoms with Gasteiger partial charge >= 0.3 is 0 Å². The van der Waals surface area contributed by atoms with E-state index in [1.165, 1.54) is 6.07 Å². The maximum absolute atomic E-state index is 14.2. The van der Waals surface area contributed by atoms with Crippen LogP contribution in [-0.2, 0) is 10.3 Å². The Morgan fingerprint density at radius 1 is 1.12 bits per heavy atom. The molecule has 2 fully saturated rings. The highest BCUT2D eigenvalue weighted by molar-refractivity contribution is 6.12. The topological polar surface area (TPSA) is 105 Å². The SMILES string of the molecule is O=C(c1ccncc1)[C@@H]1[C@H](c2cccc([N+](=O)[O-])c2)[C@H]2CCCN2[C@]12C(=O)Nc1ccccc12. The molecule has 8 nitrogen and oxygen atoms in total. The fourth-order valence-electron chi connectivity index (χ4n) is 6.43. The fourth-order valence-corrected chi connectivity index (χ4v) is 6.43. The van der Waals surface area contributed by atoms with Gasteiger partial charge in [-0.25, -0.2) is 0 Å². The summed E-state index contributed by atoms with van der Waals surface area (Å²) in [6.07, 6.45) is 4.84. The minimum absolute atomic E-state index is 0.0191. The van der Waals surface area contributed by atoms with Crippen LogP contribution in [0.4, 0.5) is 11.4 Å². The number of aromatic nitrogens is 1. The van der Waals surface area contributed by atoms with Crippen molar-refractivity contribution in [1.82, 2.24) is 9.88 Å². The third-order valence-electron chi connectivity index (χ3n) is 7.62. The van der Waals surface area contributed by atoms with Gasteiger partial charge in [0.1, 0.15) is 5.54 Å². The second-order valence-electron chi connectivity index (χ2n) is 9.12. The van der Waals surface area contributed by atoms with Gasteiger partial charge in [0.05, 0.1) is 10.8 Å². The van der Waals surface area contributed by atoms with Gasteiger partial charge in [-0.05, 0) is 43.1 Å². The number of Topliss-reactive ketones (excluding diaryl/α,β-unsaturated/α-hetero) is 1. The molecule has 1 spiro atoms. The Hall–Kier alpha value is -3.91. The molecule has 34 heavy (non-hydrogen) atoms. The summed E-state index contributed by atoms with van der Waals surface area (Å²) in [5.41, 5.74) is 1.51. The molecule has 6 rings (SSSR count). The van der Waals surface area contributed by atoms with Crippen molar-refractivity contribution in [2.24, 2.45) is 5.92 Å². The molecule has 3 aliphatic heterocycles. The zero-order chi connectivity index (χ0) is 23.4. The second kappa shape index (κ2) is 7.56. The molecule has 0 saturated carbocycles. The highest BCUT2D eigenvalue weighted by Crippen LogP contribution is 2.61. The lowest BCUT2D eigenvalue weighted by atomic mass is 9.69. The number of benzene rings is 2. The molecule has 0 unspecified atom stereocenters. The molecule has 4 atom stereocenters. The summed E-state index contributed by atoms with van der Waals surface area (Å²) in [6.45, 7) is 0.679. The molecule has 1 amide bonds. The summed E-state index contributed by atoms with van der Waals surface area (Å²) < 4.78 is 0. The zero-order valence-corrected chi connectivity index (χ0v) is 18.3. The van der Waals surface area contributed by atoms with Gasteiger partial charge in [-0.2, -0.15) is 0 Å². The van der Waals surface area contributed by atoms with Gasteiger partial charge < -0.3 is 5.32 Å². The molecular formula is C26H22N4O4. The van der Waals surface area contributed by atoms with Crippen molar-refractivity contribution in [2.45, 2.75) is 30.3 Å². The van der Waals surface area contributed by atoms with Crippen molar-refractivity contribution < 1.29 is 14.5 Å². The highest BCUT2D eigenvalue weighted by atomic mass is 16.6. The van der Waals surface area contributed by atoms with Crippen LogP contribution in [0.5, 0.6) is 0 Å². The predicted molar refractivity (Wildman–Crippen MR) is 124 cm³/mol. The molecule has 1 aromatic heterocycles. The van der Waals surface area contributed by atoms with Crippen LogP contribution >= 0.6 is 0 Å². The first-order valence-corrected chi connectivity index (χ1v) is 11.4. The number of pyridine rings is 1. The van der Waals surface area contributed by atoms with E-state index in [1.54, 1.807) is 36.7 Å². The Morgan fingerprint density at radius 3 is 2.71 bits per heavy atom. The lowest BCUT2D eigenvalue weighted by Crippen LogP contribution is -2.52. The molecule has 1 N–H and O–H groups in total. The third kappa shape index (κ3) is 2.72. The summed E-state index contributed by atoms with van der Waals surface area (Å²) >= 11 is 0. The number of hydrogen-bond donors (Lipinski definition) is 1. The monoisotopic (exact) mass is 454 g/mol. The van der Waals surface area contributed by atoms with E-state index in [0.717, 1.165) is 18.4 Å². The molecule has 170 valence electrons. The van der Waals surface area contributed by atoms with E-state index < -0.39 is 16.4 Å². The van der Waals surface area contributed by atoms with Crippen LogP contribution in [0.1, 0.15) is 40.2 Å². The number of carbonyl (C=O) groups excluding carboxylic acids is 2. The Balaban J connectivity index is 1.62. The van der Waals surface area contributed by atoms with Crippen LogP contribution in [0.2, 0.25) is 0 Å². The van der Waals surface area contributed by atoms with E-state index in [1.807, 2.05) is 30.3 Å². The van der Waals surface area contributed by atoms with Crippen molar-refractivity contribution in [3.8, 4) is 0 Å². The first-order valence-electron chi connectivity index (χ1n) is 11.4. The van der Waals surface area contributed by atoms with Gasteiger partial charge in [0.2, 0.25) is 5.91 Å². The number of nitrogens with zero attached hydrogens (tertiary/aromatic N) is 3. The van der Waals surface area contributed by atoms with Crippen LogP contribution in [0, 0.1) is 16.0 Å². The Kier molecular flexibility index (Phi) is 4.60. The first kappa shape index (κ1) is 20.7. The second-order valence-corrected chi connectivity index (χ2v) is 9.12. The Bertz CT molecular complexity index is 1330. The predicted octanol–water partition coefficient (Wildman–Crippen LogP) is 3.90. The Labute approximate surface area is 195 Å². The van der Waals surface area contributed by atoms with E-state index in [9.17, 15) is 19.7 Å². The zero-order valence-electron chi connectivity index (χ0n) is 18.3. The minimum Gasteiger partial charge on any atom is -0.324 e. The van der Waals surface area contributed by atoms with Crippen molar-refractivity contribution in [3.05, 3.63) is 99.9 Å². The number of ketones is 1. The van der Waals surface area contributed by atoms with E-state index in [0.29, 0.717) is 23.4 Å². The lowest BCUT2D eigenvalue weighted by molar-refractivity contribution is -0.384. The summed E-state index contributed by atoms with van der Waals surface area (Å²) in [6, 6.07) is 17.3. The van der Waals surface area contributed by atoms with Crippen molar-refractivity contribution in [1.29, 1.82) is 0 Å². The molecule has 2 saturated heterocycles. The quantitative estimate of drug-likeness (QED) is 0.364. The number of nitro groups is 1. The largest absolute Gasteiger partial charge is 0.324 e.